The van der Waals surface area contributed by atoms with Gasteiger partial charge in [0.25, 0.3) is 0 Å². The van der Waals surface area contributed by atoms with Gasteiger partial charge in [0, 0.05) is 24.9 Å². The molecule has 0 fully saturated rings. The van der Waals surface area contributed by atoms with E-state index < -0.39 is 29.0 Å². The number of rotatable bonds is 3. The van der Waals surface area contributed by atoms with Crippen LogP contribution in [0.25, 0.3) is 11.5 Å². The van der Waals surface area contributed by atoms with Crippen molar-refractivity contribution >= 4 is 0 Å². The molecule has 2 atom stereocenters. The molecule has 0 saturated heterocycles. The van der Waals surface area contributed by atoms with E-state index in [0.717, 1.165) is 11.8 Å². The second-order valence-corrected chi connectivity index (χ2v) is 7.21. The van der Waals surface area contributed by atoms with Crippen molar-refractivity contribution in [1.29, 1.82) is 0 Å². The molecule has 1 N–H and O–H groups in total. The summed E-state index contributed by atoms with van der Waals surface area (Å²) in [5.41, 5.74) is 1.01. The van der Waals surface area contributed by atoms with Gasteiger partial charge in [-0.1, -0.05) is 24.3 Å². The van der Waals surface area contributed by atoms with Gasteiger partial charge in [-0.3, -0.25) is 9.48 Å². The van der Waals surface area contributed by atoms with Crippen LogP contribution < -0.4 is 5.43 Å². The fourth-order valence-electron chi connectivity index (χ4n) is 4.12. The van der Waals surface area contributed by atoms with Crippen molar-refractivity contribution in [2.45, 2.75) is 18.5 Å². The molecule has 1 aliphatic rings. The van der Waals surface area contributed by atoms with Crippen molar-refractivity contribution in [3.05, 3.63) is 100 Å². The quantitative estimate of drug-likeness (QED) is 0.565. The Labute approximate surface area is 169 Å². The monoisotopic (exact) mass is 406 g/mol. The molecule has 0 amide bonds. The second kappa shape index (κ2) is 6.91. The molecule has 30 heavy (non-hydrogen) atoms. The molecule has 8 heteroatoms. The highest BCUT2D eigenvalue weighted by Crippen LogP contribution is 2.42. The predicted octanol–water partition coefficient (Wildman–Crippen LogP) is 3.48. The van der Waals surface area contributed by atoms with Crippen molar-refractivity contribution in [2.24, 2.45) is 0 Å². The molecule has 0 radical (unpaired) electrons. The van der Waals surface area contributed by atoms with Crippen LogP contribution >= 0.6 is 0 Å². The van der Waals surface area contributed by atoms with Gasteiger partial charge in [0.1, 0.15) is 17.3 Å². The minimum Gasteiger partial charge on any atom is -0.503 e. The van der Waals surface area contributed by atoms with E-state index in [9.17, 15) is 18.7 Å². The van der Waals surface area contributed by atoms with Gasteiger partial charge in [0.15, 0.2) is 11.6 Å². The van der Waals surface area contributed by atoms with E-state index in [0.29, 0.717) is 17.9 Å². The largest absolute Gasteiger partial charge is 0.503 e. The highest BCUT2D eigenvalue weighted by molar-refractivity contribution is 5.60. The van der Waals surface area contributed by atoms with Crippen LogP contribution in [-0.4, -0.2) is 24.4 Å². The van der Waals surface area contributed by atoms with E-state index in [-0.39, 0.29) is 11.5 Å². The van der Waals surface area contributed by atoms with Crippen LogP contribution in [0.3, 0.4) is 0 Å². The minimum absolute atomic E-state index is 0.201. The molecule has 2 aromatic carbocycles. The lowest BCUT2D eigenvalue weighted by atomic mass is 9.84. The Hall–Kier alpha value is -3.81. The lowest BCUT2D eigenvalue weighted by molar-refractivity contribution is 0.331. The van der Waals surface area contributed by atoms with E-state index in [4.69, 9.17) is 0 Å². The van der Waals surface area contributed by atoms with Crippen molar-refractivity contribution in [3.8, 4) is 17.3 Å². The maximum absolute atomic E-state index is 14.1. The zero-order valence-electron chi connectivity index (χ0n) is 15.6. The lowest BCUT2D eigenvalue weighted by Gasteiger charge is -2.34. The highest BCUT2D eigenvalue weighted by atomic mass is 19.1. The zero-order chi connectivity index (χ0) is 20.8. The van der Waals surface area contributed by atoms with Gasteiger partial charge in [0.05, 0.1) is 12.2 Å². The minimum atomic E-state index is -0.611. The smallest absolute Gasteiger partial charge is 0.242 e. The normalized spacial score (nSPS) is 16.0. The van der Waals surface area contributed by atoms with Crippen LogP contribution in [0.15, 0.2) is 71.9 Å². The standard InChI is InChI=1S/C22H16F2N4O2/c23-15-6-4-13(5-7-15)19(14-2-1-3-16(24)10-14)17-12-27-9-8-25-22(27)20-21(30)18(29)11-26-28(17)20/h1-11,17,19,30H,12H2/t17-,19-/m1/s1. The number of nitrogens with zero attached hydrogens (tertiary/aromatic N) is 4. The summed E-state index contributed by atoms with van der Waals surface area (Å²) >= 11 is 0. The van der Waals surface area contributed by atoms with Gasteiger partial charge < -0.3 is 9.67 Å². The number of fused-ring (bicyclic) bond motifs is 3. The molecular formula is C22H16F2N4O2. The Bertz CT molecular complexity index is 1300. The summed E-state index contributed by atoms with van der Waals surface area (Å²) in [7, 11) is 0. The van der Waals surface area contributed by atoms with E-state index >= 15 is 0 Å². The summed E-state index contributed by atoms with van der Waals surface area (Å²) in [5, 5.41) is 14.8. The number of aromatic nitrogens is 4. The van der Waals surface area contributed by atoms with Gasteiger partial charge in [-0.15, -0.1) is 0 Å². The number of benzene rings is 2. The molecule has 5 rings (SSSR count). The number of halogens is 2. The summed E-state index contributed by atoms with van der Waals surface area (Å²) in [5.74, 6) is -1.22. The molecule has 0 aliphatic carbocycles. The Morgan fingerprint density at radius 2 is 1.87 bits per heavy atom. The van der Waals surface area contributed by atoms with E-state index in [1.54, 1.807) is 41.3 Å². The van der Waals surface area contributed by atoms with Crippen LogP contribution in [0.4, 0.5) is 8.78 Å². The molecule has 0 saturated carbocycles. The first-order valence-corrected chi connectivity index (χ1v) is 9.36. The average molecular weight is 406 g/mol. The van der Waals surface area contributed by atoms with Crippen molar-refractivity contribution in [1.82, 2.24) is 19.3 Å². The molecule has 2 aromatic heterocycles. The summed E-state index contributed by atoms with van der Waals surface area (Å²) in [6, 6.07) is 11.8. The summed E-state index contributed by atoms with van der Waals surface area (Å²) < 4.78 is 31.1. The first-order chi connectivity index (χ1) is 14.5. The molecule has 0 unspecified atom stereocenters. The molecule has 0 spiro atoms. The Morgan fingerprint density at radius 3 is 2.63 bits per heavy atom. The summed E-state index contributed by atoms with van der Waals surface area (Å²) in [6.45, 7) is 0.413. The van der Waals surface area contributed by atoms with Crippen molar-refractivity contribution in [3.63, 3.8) is 0 Å². The topological polar surface area (TPSA) is 72.9 Å². The third kappa shape index (κ3) is 2.88. The van der Waals surface area contributed by atoms with E-state index in [1.165, 1.54) is 24.3 Å². The van der Waals surface area contributed by atoms with E-state index in [1.807, 2.05) is 4.57 Å². The van der Waals surface area contributed by atoms with Gasteiger partial charge in [0.2, 0.25) is 5.43 Å². The first-order valence-electron chi connectivity index (χ1n) is 9.36. The second-order valence-electron chi connectivity index (χ2n) is 7.21. The molecule has 6 nitrogen and oxygen atoms in total. The number of hydrogen-bond acceptors (Lipinski definition) is 4. The Morgan fingerprint density at radius 1 is 1.07 bits per heavy atom. The third-order valence-electron chi connectivity index (χ3n) is 5.43. The molecule has 1 aliphatic heterocycles. The van der Waals surface area contributed by atoms with Crippen LogP contribution in [0.2, 0.25) is 0 Å². The van der Waals surface area contributed by atoms with E-state index in [2.05, 4.69) is 10.1 Å². The third-order valence-corrected chi connectivity index (χ3v) is 5.43. The van der Waals surface area contributed by atoms with Crippen molar-refractivity contribution < 1.29 is 13.9 Å². The van der Waals surface area contributed by atoms with Gasteiger partial charge in [-0.25, -0.2) is 13.8 Å². The molecule has 0 bridgehead atoms. The Kier molecular flexibility index (Phi) is 4.20. The summed E-state index contributed by atoms with van der Waals surface area (Å²) in [4.78, 5) is 16.3. The maximum atomic E-state index is 14.1. The lowest BCUT2D eigenvalue weighted by Crippen LogP contribution is -2.32. The zero-order valence-corrected chi connectivity index (χ0v) is 15.6. The van der Waals surface area contributed by atoms with Gasteiger partial charge in [-0.05, 0) is 35.4 Å². The maximum Gasteiger partial charge on any atom is 0.242 e. The molecule has 150 valence electrons. The van der Waals surface area contributed by atoms with Crippen LogP contribution in [0.5, 0.6) is 5.75 Å². The van der Waals surface area contributed by atoms with Crippen LogP contribution in [0.1, 0.15) is 23.1 Å². The number of hydrogen-bond donors (Lipinski definition) is 1. The first kappa shape index (κ1) is 18.2. The average Bonchev–Trinajstić information content (AvgIpc) is 3.20. The number of imidazole rings is 1. The van der Waals surface area contributed by atoms with Crippen molar-refractivity contribution in [2.75, 3.05) is 0 Å². The Balaban J connectivity index is 1.76. The fourth-order valence-corrected chi connectivity index (χ4v) is 4.12. The van der Waals surface area contributed by atoms with Gasteiger partial charge >= 0.3 is 0 Å². The summed E-state index contributed by atoms with van der Waals surface area (Å²) in [6.07, 6.45) is 4.38. The van der Waals surface area contributed by atoms with Crippen LogP contribution in [0, 0.1) is 11.6 Å². The number of aromatic hydroxyl groups is 1. The molecular weight excluding hydrogens is 390 g/mol. The van der Waals surface area contributed by atoms with Crippen LogP contribution in [-0.2, 0) is 6.54 Å². The SMILES string of the molecule is O=c1cnn2c(c1O)-c1nccn1C[C@@H]2[C@H](c1ccc(F)cc1)c1cccc(F)c1. The fraction of sp³-hybridized carbons (Fsp3) is 0.136. The highest BCUT2D eigenvalue weighted by Gasteiger charge is 2.35. The molecule has 3 heterocycles. The molecule has 4 aromatic rings. The van der Waals surface area contributed by atoms with Gasteiger partial charge in [-0.2, -0.15) is 5.10 Å². The predicted molar refractivity (Wildman–Crippen MR) is 105 cm³/mol.